The highest BCUT2D eigenvalue weighted by atomic mass is 19.1. The number of fused-ring (bicyclic) bond motifs is 1. The first kappa shape index (κ1) is 11.6. The van der Waals surface area contributed by atoms with E-state index in [1.807, 2.05) is 19.9 Å². The third-order valence-electron chi connectivity index (χ3n) is 2.82. The van der Waals surface area contributed by atoms with Crippen LogP contribution < -0.4 is 5.32 Å². The summed E-state index contributed by atoms with van der Waals surface area (Å²) < 4.78 is 13.2. The number of hydrogen-bond donors (Lipinski definition) is 2. The number of halogens is 1. The second-order valence-electron chi connectivity index (χ2n) is 4.47. The summed E-state index contributed by atoms with van der Waals surface area (Å²) in [5, 5.41) is 4.03. The Labute approximate surface area is 109 Å². The number of hydrogen-bond acceptors (Lipinski definition) is 3. The molecule has 0 unspecified atom stereocenters. The molecule has 5 heteroatoms. The largest absolute Gasteiger partial charge is 0.343 e. The van der Waals surface area contributed by atoms with E-state index in [2.05, 4.69) is 20.3 Å². The molecule has 0 aliphatic rings. The maximum atomic E-state index is 13.2. The van der Waals surface area contributed by atoms with E-state index in [-0.39, 0.29) is 5.82 Å². The van der Waals surface area contributed by atoms with Crippen molar-refractivity contribution >= 4 is 22.5 Å². The molecular formula is C14H13FN4. The molecule has 0 radical (unpaired) electrons. The molecule has 0 saturated carbocycles. The molecule has 0 aliphatic heterocycles. The average molecular weight is 256 g/mol. The third kappa shape index (κ3) is 2.27. The van der Waals surface area contributed by atoms with Crippen LogP contribution in [-0.2, 0) is 0 Å². The van der Waals surface area contributed by atoms with Gasteiger partial charge in [-0.1, -0.05) is 6.07 Å². The van der Waals surface area contributed by atoms with Gasteiger partial charge < -0.3 is 10.3 Å². The van der Waals surface area contributed by atoms with E-state index in [4.69, 9.17) is 0 Å². The molecule has 2 N–H and O–H groups in total. The van der Waals surface area contributed by atoms with Gasteiger partial charge in [-0.15, -0.1) is 0 Å². The number of nitrogens with one attached hydrogen (secondary N) is 2. The topological polar surface area (TPSA) is 53.6 Å². The van der Waals surface area contributed by atoms with Crippen LogP contribution in [0.2, 0.25) is 0 Å². The summed E-state index contributed by atoms with van der Waals surface area (Å²) in [5.41, 5.74) is 2.46. The number of nitrogens with zero attached hydrogens (tertiary/aromatic N) is 2. The van der Waals surface area contributed by atoms with Crippen molar-refractivity contribution in [1.82, 2.24) is 15.0 Å². The molecule has 0 fully saturated rings. The number of H-pyrrole nitrogens is 1. The molecule has 2 heterocycles. The zero-order valence-electron chi connectivity index (χ0n) is 10.7. The summed E-state index contributed by atoms with van der Waals surface area (Å²) in [5.74, 6) is 1.06. The Kier molecular flexibility index (Phi) is 2.67. The molecule has 0 atom stereocenters. The first-order chi connectivity index (χ1) is 9.11. The Morgan fingerprint density at radius 3 is 2.79 bits per heavy atom. The van der Waals surface area contributed by atoms with Gasteiger partial charge in [0.1, 0.15) is 23.1 Å². The minimum absolute atomic E-state index is 0.280. The van der Waals surface area contributed by atoms with Gasteiger partial charge >= 0.3 is 0 Å². The standard InChI is InChI=1S/C14H13FN4/c1-8-6-12-13(16-8)17-9(2)18-14(12)19-11-5-3-4-10(15)7-11/h3-7H,1-2H3,(H2,16,17,18,19). The third-order valence-corrected chi connectivity index (χ3v) is 2.82. The normalized spacial score (nSPS) is 10.9. The molecule has 3 rings (SSSR count). The van der Waals surface area contributed by atoms with Gasteiger partial charge in [-0.3, -0.25) is 0 Å². The van der Waals surface area contributed by atoms with E-state index in [9.17, 15) is 4.39 Å². The zero-order chi connectivity index (χ0) is 13.4. The molecule has 19 heavy (non-hydrogen) atoms. The highest BCUT2D eigenvalue weighted by Crippen LogP contribution is 2.24. The predicted octanol–water partition coefficient (Wildman–Crippen LogP) is 3.46. The highest BCUT2D eigenvalue weighted by Gasteiger charge is 2.08. The van der Waals surface area contributed by atoms with Crippen LogP contribution in [-0.4, -0.2) is 15.0 Å². The van der Waals surface area contributed by atoms with Crippen LogP contribution >= 0.6 is 0 Å². The molecule has 0 bridgehead atoms. The molecule has 0 spiro atoms. The number of benzene rings is 1. The number of aromatic amines is 1. The smallest absolute Gasteiger partial charge is 0.143 e. The Bertz CT molecular complexity index is 748. The fraction of sp³-hybridized carbons (Fsp3) is 0.143. The monoisotopic (exact) mass is 256 g/mol. The van der Waals surface area contributed by atoms with Gasteiger partial charge in [0.25, 0.3) is 0 Å². The minimum Gasteiger partial charge on any atom is -0.343 e. The number of aryl methyl sites for hydroxylation is 2. The molecule has 96 valence electrons. The molecule has 1 aromatic carbocycles. The summed E-state index contributed by atoms with van der Waals surface area (Å²) in [4.78, 5) is 11.9. The van der Waals surface area contributed by atoms with Crippen LogP contribution in [0.5, 0.6) is 0 Å². The van der Waals surface area contributed by atoms with Crippen molar-refractivity contribution in [2.45, 2.75) is 13.8 Å². The van der Waals surface area contributed by atoms with Gasteiger partial charge in [-0.25, -0.2) is 14.4 Å². The SMILES string of the molecule is Cc1nc(Nc2cccc(F)c2)c2cc(C)[nH]c2n1. The van der Waals surface area contributed by atoms with Crippen LogP contribution in [0.1, 0.15) is 11.5 Å². The molecule has 0 aliphatic carbocycles. The van der Waals surface area contributed by atoms with Gasteiger partial charge in [0.15, 0.2) is 0 Å². The van der Waals surface area contributed by atoms with Crippen LogP contribution in [0, 0.1) is 19.7 Å². The maximum absolute atomic E-state index is 13.2. The molecule has 3 aromatic rings. The van der Waals surface area contributed by atoms with Crippen LogP contribution in [0.4, 0.5) is 15.9 Å². The summed E-state index contributed by atoms with van der Waals surface area (Å²) in [6.07, 6.45) is 0. The van der Waals surface area contributed by atoms with Crippen LogP contribution in [0.25, 0.3) is 11.0 Å². The fourth-order valence-corrected chi connectivity index (χ4v) is 2.05. The van der Waals surface area contributed by atoms with E-state index < -0.39 is 0 Å². The Hall–Kier alpha value is -2.43. The van der Waals surface area contributed by atoms with Crippen LogP contribution in [0.15, 0.2) is 30.3 Å². The second kappa shape index (κ2) is 4.35. The van der Waals surface area contributed by atoms with Crippen molar-refractivity contribution in [3.63, 3.8) is 0 Å². The zero-order valence-corrected chi connectivity index (χ0v) is 10.7. The van der Waals surface area contributed by atoms with Crippen molar-refractivity contribution in [2.24, 2.45) is 0 Å². The van der Waals surface area contributed by atoms with Gasteiger partial charge in [0, 0.05) is 11.4 Å². The summed E-state index contributed by atoms with van der Waals surface area (Å²) in [6, 6.07) is 8.27. The number of aromatic nitrogens is 3. The van der Waals surface area contributed by atoms with Crippen molar-refractivity contribution in [1.29, 1.82) is 0 Å². The number of anilines is 2. The predicted molar refractivity (Wildman–Crippen MR) is 73.0 cm³/mol. The van der Waals surface area contributed by atoms with E-state index in [0.29, 0.717) is 17.3 Å². The average Bonchev–Trinajstić information content (AvgIpc) is 2.69. The van der Waals surface area contributed by atoms with Crippen LogP contribution in [0.3, 0.4) is 0 Å². The van der Waals surface area contributed by atoms with Crippen molar-refractivity contribution in [3.8, 4) is 0 Å². The first-order valence-electron chi connectivity index (χ1n) is 5.98. The second-order valence-corrected chi connectivity index (χ2v) is 4.47. The van der Waals surface area contributed by atoms with Crippen molar-refractivity contribution in [2.75, 3.05) is 5.32 Å². The lowest BCUT2D eigenvalue weighted by molar-refractivity contribution is 0.628. The summed E-state index contributed by atoms with van der Waals surface area (Å²) in [7, 11) is 0. The molecule has 2 aromatic heterocycles. The Morgan fingerprint density at radius 2 is 2.00 bits per heavy atom. The lowest BCUT2D eigenvalue weighted by Gasteiger charge is -2.07. The van der Waals surface area contributed by atoms with E-state index in [0.717, 1.165) is 16.7 Å². The summed E-state index contributed by atoms with van der Waals surface area (Å²) >= 11 is 0. The molecule has 0 saturated heterocycles. The number of rotatable bonds is 2. The highest BCUT2D eigenvalue weighted by molar-refractivity contribution is 5.89. The lowest BCUT2D eigenvalue weighted by Crippen LogP contribution is -1.98. The van der Waals surface area contributed by atoms with Gasteiger partial charge in [-0.05, 0) is 38.1 Å². The molecule has 0 amide bonds. The maximum Gasteiger partial charge on any atom is 0.143 e. The molecular weight excluding hydrogens is 243 g/mol. The minimum atomic E-state index is -0.280. The fourth-order valence-electron chi connectivity index (χ4n) is 2.05. The Balaban J connectivity index is 2.09. The van der Waals surface area contributed by atoms with E-state index >= 15 is 0 Å². The van der Waals surface area contributed by atoms with Gasteiger partial charge in [0.05, 0.1) is 5.39 Å². The van der Waals surface area contributed by atoms with Crippen molar-refractivity contribution < 1.29 is 4.39 Å². The first-order valence-corrected chi connectivity index (χ1v) is 5.98. The van der Waals surface area contributed by atoms with Gasteiger partial charge in [-0.2, -0.15) is 0 Å². The quantitative estimate of drug-likeness (QED) is 0.738. The lowest BCUT2D eigenvalue weighted by atomic mass is 10.3. The van der Waals surface area contributed by atoms with Gasteiger partial charge in [0.2, 0.25) is 0 Å². The van der Waals surface area contributed by atoms with E-state index in [1.165, 1.54) is 12.1 Å². The summed E-state index contributed by atoms with van der Waals surface area (Å²) in [6.45, 7) is 3.79. The molecule has 4 nitrogen and oxygen atoms in total. The van der Waals surface area contributed by atoms with Crippen molar-refractivity contribution in [3.05, 3.63) is 47.7 Å². The van der Waals surface area contributed by atoms with E-state index in [1.54, 1.807) is 12.1 Å². The Morgan fingerprint density at radius 1 is 1.16 bits per heavy atom.